The molecule has 0 saturated carbocycles. The number of hydrogen-bond acceptors (Lipinski definition) is 0. The van der Waals surface area contributed by atoms with Crippen LogP contribution in [0.5, 0.6) is 0 Å². The van der Waals surface area contributed by atoms with Gasteiger partial charge in [0.2, 0.25) is 0 Å². The zero-order chi connectivity index (χ0) is 14.4. The van der Waals surface area contributed by atoms with E-state index in [1.807, 2.05) is 0 Å². The zero-order valence-electron chi connectivity index (χ0n) is 13.6. The molecule has 4 rings (SSSR count). The maximum Gasteiger partial charge on any atom is -0.000554 e. The van der Waals surface area contributed by atoms with Crippen molar-refractivity contribution in [2.75, 3.05) is 0 Å². The summed E-state index contributed by atoms with van der Waals surface area (Å²) in [6.07, 6.45) is 19.4. The van der Waals surface area contributed by atoms with Crippen LogP contribution in [0.4, 0.5) is 0 Å². The van der Waals surface area contributed by atoms with Crippen LogP contribution in [-0.2, 0) is 0 Å². The predicted molar refractivity (Wildman–Crippen MR) is 90.0 cm³/mol. The van der Waals surface area contributed by atoms with E-state index in [9.17, 15) is 0 Å². The van der Waals surface area contributed by atoms with E-state index in [2.05, 4.69) is 38.2 Å². The summed E-state index contributed by atoms with van der Waals surface area (Å²) >= 11 is 0. The molecule has 0 aromatic heterocycles. The van der Waals surface area contributed by atoms with Crippen molar-refractivity contribution >= 4 is 0 Å². The standard InChI is InChI=1S/C21H28/c1-14-3-9-20-16(11-14)5-7-18(20)13-19-8-6-17-12-15(2)4-10-21(17)19/h5-8,14-15,18-19H,3-4,9-13H2,1-2H3. The summed E-state index contributed by atoms with van der Waals surface area (Å²) in [5, 5.41) is 0. The van der Waals surface area contributed by atoms with Crippen LogP contribution in [0.2, 0.25) is 0 Å². The van der Waals surface area contributed by atoms with Gasteiger partial charge in [0.1, 0.15) is 0 Å². The second kappa shape index (κ2) is 5.30. The maximum atomic E-state index is 2.51. The molecule has 0 fully saturated rings. The Kier molecular flexibility index (Phi) is 3.44. The minimum atomic E-state index is 0.744. The molecular formula is C21H28. The molecule has 0 aromatic rings. The van der Waals surface area contributed by atoms with Crippen LogP contribution in [0.1, 0.15) is 58.8 Å². The molecule has 4 unspecified atom stereocenters. The monoisotopic (exact) mass is 280 g/mol. The van der Waals surface area contributed by atoms with Gasteiger partial charge in [0.25, 0.3) is 0 Å². The molecular weight excluding hydrogens is 252 g/mol. The van der Waals surface area contributed by atoms with Crippen molar-refractivity contribution in [3.05, 3.63) is 46.6 Å². The summed E-state index contributed by atoms with van der Waals surface area (Å²) in [5.41, 5.74) is 6.96. The fraction of sp³-hybridized carbons (Fsp3) is 0.619. The van der Waals surface area contributed by atoms with E-state index in [0.29, 0.717) is 0 Å². The lowest BCUT2D eigenvalue weighted by Gasteiger charge is -2.28. The third kappa shape index (κ3) is 2.47. The Morgan fingerprint density at radius 2 is 1.29 bits per heavy atom. The van der Waals surface area contributed by atoms with Crippen molar-refractivity contribution in [3.8, 4) is 0 Å². The minimum absolute atomic E-state index is 0.744. The summed E-state index contributed by atoms with van der Waals surface area (Å²) < 4.78 is 0. The Labute approximate surface area is 129 Å². The van der Waals surface area contributed by atoms with E-state index < -0.39 is 0 Å². The molecule has 0 spiro atoms. The molecule has 0 nitrogen and oxygen atoms in total. The average molecular weight is 280 g/mol. The van der Waals surface area contributed by atoms with Gasteiger partial charge in [0, 0.05) is 0 Å². The molecule has 0 amide bonds. The van der Waals surface area contributed by atoms with Gasteiger partial charge in [0.05, 0.1) is 0 Å². The molecule has 112 valence electrons. The van der Waals surface area contributed by atoms with Crippen LogP contribution >= 0.6 is 0 Å². The molecule has 0 saturated heterocycles. The minimum Gasteiger partial charge on any atom is -0.0770 e. The largest absolute Gasteiger partial charge is 0.0770 e. The van der Waals surface area contributed by atoms with E-state index in [4.69, 9.17) is 0 Å². The van der Waals surface area contributed by atoms with Crippen molar-refractivity contribution in [1.29, 1.82) is 0 Å². The quantitative estimate of drug-likeness (QED) is 0.583. The van der Waals surface area contributed by atoms with E-state index in [0.717, 1.165) is 23.7 Å². The van der Waals surface area contributed by atoms with Gasteiger partial charge >= 0.3 is 0 Å². The first kappa shape index (κ1) is 13.6. The van der Waals surface area contributed by atoms with Crippen LogP contribution in [0, 0.1) is 23.7 Å². The van der Waals surface area contributed by atoms with Crippen LogP contribution in [-0.4, -0.2) is 0 Å². The Balaban J connectivity index is 1.48. The number of rotatable bonds is 2. The van der Waals surface area contributed by atoms with Gasteiger partial charge in [-0.1, -0.05) is 49.3 Å². The fourth-order valence-electron chi connectivity index (χ4n) is 4.95. The molecule has 0 aliphatic heterocycles. The number of allylic oxidation sites excluding steroid dienone is 8. The first-order valence-corrected chi connectivity index (χ1v) is 9.01. The van der Waals surface area contributed by atoms with Gasteiger partial charge in [-0.15, -0.1) is 0 Å². The van der Waals surface area contributed by atoms with Gasteiger partial charge in [-0.25, -0.2) is 0 Å². The number of hydrogen-bond donors (Lipinski definition) is 0. The van der Waals surface area contributed by atoms with Crippen molar-refractivity contribution in [3.63, 3.8) is 0 Å². The smallest absolute Gasteiger partial charge is 0.000554 e. The molecule has 4 atom stereocenters. The topological polar surface area (TPSA) is 0 Å². The SMILES string of the molecule is CC1CCC2=C(C=CC2CC2C=CC3=C2CCC(C)C3)C1. The van der Waals surface area contributed by atoms with E-state index in [1.165, 1.54) is 44.9 Å². The molecule has 4 aliphatic rings. The van der Waals surface area contributed by atoms with Gasteiger partial charge in [0.15, 0.2) is 0 Å². The van der Waals surface area contributed by atoms with Crippen LogP contribution in [0.25, 0.3) is 0 Å². The zero-order valence-corrected chi connectivity index (χ0v) is 13.6. The van der Waals surface area contributed by atoms with Crippen LogP contribution in [0.15, 0.2) is 46.6 Å². The molecule has 4 aliphatic carbocycles. The fourth-order valence-corrected chi connectivity index (χ4v) is 4.95. The molecule has 0 N–H and O–H groups in total. The van der Waals surface area contributed by atoms with E-state index in [-0.39, 0.29) is 0 Å². The Morgan fingerprint density at radius 3 is 1.76 bits per heavy atom. The summed E-state index contributed by atoms with van der Waals surface area (Å²) in [7, 11) is 0. The second-order valence-corrected chi connectivity index (χ2v) is 7.96. The highest BCUT2D eigenvalue weighted by molar-refractivity contribution is 5.42. The third-order valence-corrected chi connectivity index (χ3v) is 6.24. The summed E-state index contributed by atoms with van der Waals surface area (Å²) in [5.74, 6) is 3.28. The molecule has 0 bridgehead atoms. The Bertz CT molecular complexity index is 505. The third-order valence-electron chi connectivity index (χ3n) is 6.24. The summed E-state index contributed by atoms with van der Waals surface area (Å²) in [6.45, 7) is 4.82. The molecule has 0 heterocycles. The molecule has 0 radical (unpaired) electrons. The average Bonchev–Trinajstić information content (AvgIpc) is 3.03. The first-order chi connectivity index (χ1) is 10.2. The normalized spacial score (nSPS) is 38.2. The van der Waals surface area contributed by atoms with E-state index >= 15 is 0 Å². The lowest BCUT2D eigenvalue weighted by Crippen LogP contribution is -2.14. The Hall–Kier alpha value is -1.04. The van der Waals surface area contributed by atoms with Gasteiger partial charge in [-0.05, 0) is 79.8 Å². The lowest BCUT2D eigenvalue weighted by atomic mass is 9.77. The van der Waals surface area contributed by atoms with E-state index in [1.54, 1.807) is 22.3 Å². The van der Waals surface area contributed by atoms with Crippen LogP contribution in [0.3, 0.4) is 0 Å². The molecule has 21 heavy (non-hydrogen) atoms. The van der Waals surface area contributed by atoms with Gasteiger partial charge in [-0.2, -0.15) is 0 Å². The van der Waals surface area contributed by atoms with Crippen LogP contribution < -0.4 is 0 Å². The highest BCUT2D eigenvalue weighted by Crippen LogP contribution is 2.45. The highest BCUT2D eigenvalue weighted by atomic mass is 14.4. The second-order valence-electron chi connectivity index (χ2n) is 7.96. The van der Waals surface area contributed by atoms with Gasteiger partial charge < -0.3 is 0 Å². The molecule has 0 aromatic carbocycles. The summed E-state index contributed by atoms with van der Waals surface area (Å²) in [4.78, 5) is 0. The predicted octanol–water partition coefficient (Wildman–Crippen LogP) is 5.98. The van der Waals surface area contributed by atoms with Gasteiger partial charge in [-0.3, -0.25) is 0 Å². The maximum absolute atomic E-state index is 2.51. The first-order valence-electron chi connectivity index (χ1n) is 9.01. The highest BCUT2D eigenvalue weighted by Gasteiger charge is 2.31. The van der Waals surface area contributed by atoms with Crippen molar-refractivity contribution in [2.24, 2.45) is 23.7 Å². The van der Waals surface area contributed by atoms with Crippen molar-refractivity contribution < 1.29 is 0 Å². The lowest BCUT2D eigenvalue weighted by molar-refractivity contribution is 0.454. The molecule has 0 heteroatoms. The summed E-state index contributed by atoms with van der Waals surface area (Å²) in [6, 6.07) is 0. The van der Waals surface area contributed by atoms with Crippen molar-refractivity contribution in [1.82, 2.24) is 0 Å². The Morgan fingerprint density at radius 1 is 0.810 bits per heavy atom. The van der Waals surface area contributed by atoms with Crippen molar-refractivity contribution in [2.45, 2.75) is 58.8 Å².